The molecule has 1 aromatic heterocycles. The fraction of sp³-hybridized carbons (Fsp3) is 0.250. The average molecular weight is 508 g/mol. The van der Waals surface area contributed by atoms with Gasteiger partial charge in [0.2, 0.25) is 0 Å². The van der Waals surface area contributed by atoms with Crippen LogP contribution in [0.2, 0.25) is 0 Å². The summed E-state index contributed by atoms with van der Waals surface area (Å²) in [6.07, 6.45) is -0.396. The molecule has 3 aromatic carbocycles. The lowest BCUT2D eigenvalue weighted by Crippen LogP contribution is -2.56. The van der Waals surface area contributed by atoms with Crippen LogP contribution in [0.3, 0.4) is 0 Å². The summed E-state index contributed by atoms with van der Waals surface area (Å²) < 4.78 is 7.97. The third kappa shape index (κ3) is 5.41. The molecule has 0 bridgehead atoms. The first-order valence-electron chi connectivity index (χ1n) is 13.1. The number of nitrogens with zero attached hydrogens (tertiary/aromatic N) is 3. The highest BCUT2D eigenvalue weighted by atomic mass is 16.6. The van der Waals surface area contributed by atoms with Gasteiger partial charge in [-0.25, -0.2) is 0 Å². The Morgan fingerprint density at radius 2 is 1.50 bits per heavy atom. The second-order valence-corrected chi connectivity index (χ2v) is 9.60. The molecule has 1 aliphatic rings. The Kier molecular flexibility index (Phi) is 7.70. The van der Waals surface area contributed by atoms with Gasteiger partial charge in [-0.15, -0.1) is 0 Å². The topological polar surface area (TPSA) is 54.8 Å². The van der Waals surface area contributed by atoms with Crippen LogP contribution in [0.25, 0.3) is 16.9 Å². The fourth-order valence-corrected chi connectivity index (χ4v) is 5.10. The maximum absolute atomic E-state index is 14.2. The molecule has 0 radical (unpaired) electrons. The molecule has 0 spiro atoms. The van der Waals surface area contributed by atoms with E-state index in [1.807, 2.05) is 91.9 Å². The molecule has 1 saturated heterocycles. The molecular formula is C32H33N3O3. The minimum Gasteiger partial charge on any atom is -0.440 e. The Labute approximate surface area is 224 Å². The van der Waals surface area contributed by atoms with E-state index >= 15 is 0 Å². The zero-order chi connectivity index (χ0) is 26.5. The highest BCUT2D eigenvalue weighted by Crippen LogP contribution is 2.32. The number of rotatable bonds is 7. The molecule has 1 aliphatic heterocycles. The van der Waals surface area contributed by atoms with Crippen molar-refractivity contribution in [2.45, 2.75) is 33.0 Å². The molecule has 38 heavy (non-hydrogen) atoms. The molecule has 1 amide bonds. The third-order valence-electron chi connectivity index (χ3n) is 6.96. The minimum atomic E-state index is -0.656. The van der Waals surface area contributed by atoms with E-state index in [2.05, 4.69) is 21.6 Å². The van der Waals surface area contributed by atoms with Crippen molar-refractivity contribution in [3.05, 3.63) is 114 Å². The lowest BCUT2D eigenvalue weighted by molar-refractivity contribution is -0.161. The zero-order valence-corrected chi connectivity index (χ0v) is 21.9. The summed E-state index contributed by atoms with van der Waals surface area (Å²) in [6.45, 7) is 6.16. The van der Waals surface area contributed by atoms with Crippen LogP contribution in [0, 0.1) is 6.92 Å². The molecule has 0 saturated carbocycles. The van der Waals surface area contributed by atoms with Crippen LogP contribution in [0.4, 0.5) is 0 Å². The number of amides is 1. The van der Waals surface area contributed by atoms with Crippen molar-refractivity contribution < 1.29 is 14.3 Å². The Morgan fingerprint density at radius 3 is 2.16 bits per heavy atom. The summed E-state index contributed by atoms with van der Waals surface area (Å²) in [5.41, 5.74) is 5.54. The van der Waals surface area contributed by atoms with Crippen molar-refractivity contribution in [3.8, 4) is 16.9 Å². The fourth-order valence-electron chi connectivity index (χ4n) is 5.10. The number of carbonyl (C=O) groups is 2. The lowest BCUT2D eigenvalue weighted by atomic mass is 10.1. The van der Waals surface area contributed by atoms with Gasteiger partial charge in [0.15, 0.2) is 6.23 Å². The van der Waals surface area contributed by atoms with Crippen molar-refractivity contribution in [1.29, 1.82) is 0 Å². The second kappa shape index (κ2) is 11.5. The van der Waals surface area contributed by atoms with Gasteiger partial charge in [-0.3, -0.25) is 14.5 Å². The van der Waals surface area contributed by atoms with Crippen molar-refractivity contribution in [2.24, 2.45) is 0 Å². The van der Waals surface area contributed by atoms with Gasteiger partial charge in [-0.1, -0.05) is 85.8 Å². The molecule has 0 N–H and O–H groups in total. The van der Waals surface area contributed by atoms with E-state index < -0.39 is 6.23 Å². The number of piperazine rings is 1. The van der Waals surface area contributed by atoms with Crippen molar-refractivity contribution in [3.63, 3.8) is 0 Å². The summed E-state index contributed by atoms with van der Waals surface area (Å²) in [6, 6.07) is 32.2. The number of esters is 1. The van der Waals surface area contributed by atoms with Crippen molar-refractivity contribution in [1.82, 2.24) is 14.4 Å². The Bertz CT molecular complexity index is 1380. The van der Waals surface area contributed by atoms with Gasteiger partial charge in [0, 0.05) is 37.4 Å². The van der Waals surface area contributed by atoms with Crippen molar-refractivity contribution >= 4 is 11.9 Å². The molecule has 5 rings (SSSR count). The number of para-hydroxylation sites is 1. The summed E-state index contributed by atoms with van der Waals surface area (Å²) in [4.78, 5) is 30.6. The largest absolute Gasteiger partial charge is 0.440 e. The van der Waals surface area contributed by atoms with Crippen LogP contribution in [-0.4, -0.2) is 52.1 Å². The molecule has 1 atom stereocenters. The Balaban J connectivity index is 1.50. The molecule has 0 aliphatic carbocycles. The molecule has 4 aromatic rings. The monoisotopic (exact) mass is 507 g/mol. The zero-order valence-electron chi connectivity index (χ0n) is 21.9. The minimum absolute atomic E-state index is 0.130. The first-order valence-corrected chi connectivity index (χ1v) is 13.1. The third-order valence-corrected chi connectivity index (χ3v) is 6.96. The number of benzene rings is 3. The first-order chi connectivity index (χ1) is 18.5. The number of ether oxygens (including phenoxy) is 1. The normalized spacial score (nSPS) is 15.8. The van der Waals surface area contributed by atoms with Crippen molar-refractivity contribution in [2.75, 3.05) is 19.6 Å². The van der Waals surface area contributed by atoms with Crippen LogP contribution < -0.4 is 0 Å². The summed E-state index contributed by atoms with van der Waals surface area (Å²) >= 11 is 0. The standard InChI is InChI=1S/C32H33N3O3/c1-3-30(36)38-29-23-33(22-25-13-7-4-8-14-25)19-20-34(29)32(37)28-21-24(2)35(27-17-11-6-12-18-27)31(28)26-15-9-5-10-16-26/h4-18,21,29H,3,19-20,22-23H2,1-2H3. The first kappa shape index (κ1) is 25.5. The highest BCUT2D eigenvalue weighted by Gasteiger charge is 2.35. The van der Waals surface area contributed by atoms with Crippen LogP contribution in [-0.2, 0) is 16.1 Å². The van der Waals surface area contributed by atoms with Gasteiger partial charge in [0.05, 0.1) is 17.8 Å². The summed E-state index contributed by atoms with van der Waals surface area (Å²) in [5, 5.41) is 0. The quantitative estimate of drug-likeness (QED) is 0.302. The Hall–Kier alpha value is -4.16. The van der Waals surface area contributed by atoms with Gasteiger partial charge in [-0.05, 0) is 36.2 Å². The molecule has 6 heteroatoms. The molecule has 1 fully saturated rings. The molecular weight excluding hydrogens is 474 g/mol. The predicted octanol–water partition coefficient (Wildman–Crippen LogP) is 5.69. The maximum atomic E-state index is 14.2. The molecule has 2 heterocycles. The van der Waals surface area contributed by atoms with Gasteiger partial charge < -0.3 is 14.2 Å². The van der Waals surface area contributed by atoms with E-state index in [4.69, 9.17) is 4.74 Å². The number of hydrogen-bond acceptors (Lipinski definition) is 4. The van der Waals surface area contributed by atoms with E-state index in [1.54, 1.807) is 11.8 Å². The number of hydrogen-bond donors (Lipinski definition) is 0. The molecule has 6 nitrogen and oxygen atoms in total. The molecule has 194 valence electrons. The summed E-state index contributed by atoms with van der Waals surface area (Å²) in [7, 11) is 0. The van der Waals surface area contributed by atoms with E-state index in [-0.39, 0.29) is 18.3 Å². The van der Waals surface area contributed by atoms with E-state index in [9.17, 15) is 9.59 Å². The SMILES string of the molecule is CCC(=O)OC1CN(Cc2ccccc2)CCN1C(=O)c1cc(C)n(-c2ccccc2)c1-c1ccccc1. The number of aryl methyl sites for hydroxylation is 1. The van der Waals surface area contributed by atoms with Crippen LogP contribution in [0.5, 0.6) is 0 Å². The number of aromatic nitrogens is 1. The van der Waals surface area contributed by atoms with E-state index in [0.717, 1.165) is 29.2 Å². The van der Waals surface area contributed by atoms with Gasteiger partial charge >= 0.3 is 5.97 Å². The highest BCUT2D eigenvalue weighted by molar-refractivity contribution is 6.01. The lowest BCUT2D eigenvalue weighted by Gasteiger charge is -2.40. The predicted molar refractivity (Wildman–Crippen MR) is 149 cm³/mol. The second-order valence-electron chi connectivity index (χ2n) is 9.60. The van der Waals surface area contributed by atoms with Gasteiger partial charge in [0.1, 0.15) is 0 Å². The Morgan fingerprint density at radius 1 is 0.868 bits per heavy atom. The van der Waals surface area contributed by atoms with Crippen LogP contribution in [0.15, 0.2) is 97.1 Å². The van der Waals surface area contributed by atoms with Gasteiger partial charge in [0.25, 0.3) is 5.91 Å². The average Bonchev–Trinajstić information content (AvgIpc) is 3.31. The smallest absolute Gasteiger partial charge is 0.307 e. The summed E-state index contributed by atoms with van der Waals surface area (Å²) in [5.74, 6) is -0.439. The maximum Gasteiger partial charge on any atom is 0.307 e. The van der Waals surface area contributed by atoms with Crippen LogP contribution >= 0.6 is 0 Å². The van der Waals surface area contributed by atoms with E-state index in [0.29, 0.717) is 25.2 Å². The van der Waals surface area contributed by atoms with Gasteiger partial charge in [-0.2, -0.15) is 0 Å². The van der Waals surface area contributed by atoms with E-state index in [1.165, 1.54) is 5.56 Å². The van der Waals surface area contributed by atoms with Crippen LogP contribution in [0.1, 0.15) is 35.0 Å². The molecule has 1 unspecified atom stereocenters. The number of carbonyl (C=O) groups excluding carboxylic acids is 2.